The zero-order chi connectivity index (χ0) is 19.6. The monoisotopic (exact) mass is 444 g/mol. The van der Waals surface area contributed by atoms with E-state index in [0.717, 1.165) is 0 Å². The molecule has 0 bridgehead atoms. The Morgan fingerprint density at radius 1 is 1.11 bits per heavy atom. The number of hydrogen-bond donors (Lipinski definition) is 1. The van der Waals surface area contributed by atoms with Crippen LogP contribution in [0.15, 0.2) is 41.6 Å². The van der Waals surface area contributed by atoms with Crippen LogP contribution in [-0.2, 0) is 4.79 Å². The molecule has 3 rings (SSSR count). The molecular weight excluding hydrogens is 434 g/mol. The third-order valence-corrected chi connectivity index (χ3v) is 5.31. The molecule has 0 spiro atoms. The third-order valence-electron chi connectivity index (χ3n) is 3.55. The summed E-state index contributed by atoms with van der Waals surface area (Å²) in [6.45, 7) is 0. The molecule has 1 aromatic heterocycles. The largest absolute Gasteiger partial charge is 0.370 e. The van der Waals surface area contributed by atoms with Crippen molar-refractivity contribution < 1.29 is 9.18 Å². The molecule has 1 amide bonds. The van der Waals surface area contributed by atoms with Crippen LogP contribution in [0.5, 0.6) is 0 Å². The van der Waals surface area contributed by atoms with Crippen molar-refractivity contribution in [1.82, 2.24) is 14.8 Å². The van der Waals surface area contributed by atoms with Gasteiger partial charge in [-0.3, -0.25) is 9.36 Å². The van der Waals surface area contributed by atoms with E-state index in [2.05, 4.69) is 10.2 Å². The SMILES string of the molecule is NC(=O)CCSc1nnc(-c2ccc(Cl)cc2Cl)n1-c1ccc(F)c(Cl)c1. The minimum atomic E-state index is -0.539. The lowest BCUT2D eigenvalue weighted by atomic mass is 10.2. The molecule has 0 unspecified atom stereocenters. The van der Waals surface area contributed by atoms with Gasteiger partial charge in [-0.15, -0.1) is 10.2 Å². The number of carbonyl (C=O) groups is 1. The second-order valence-electron chi connectivity index (χ2n) is 5.43. The number of amides is 1. The molecule has 0 aliphatic rings. The number of primary amides is 1. The van der Waals surface area contributed by atoms with Crippen LogP contribution in [0, 0.1) is 5.82 Å². The van der Waals surface area contributed by atoms with Gasteiger partial charge < -0.3 is 5.73 Å². The summed E-state index contributed by atoms with van der Waals surface area (Å²) in [4.78, 5) is 11.0. The summed E-state index contributed by atoms with van der Waals surface area (Å²) in [5.74, 6) is -0.112. The van der Waals surface area contributed by atoms with Gasteiger partial charge in [0, 0.05) is 22.8 Å². The van der Waals surface area contributed by atoms with Crippen LogP contribution in [0.25, 0.3) is 17.1 Å². The lowest BCUT2D eigenvalue weighted by Gasteiger charge is -2.12. The van der Waals surface area contributed by atoms with E-state index < -0.39 is 11.7 Å². The fourth-order valence-corrected chi connectivity index (χ4v) is 3.88. The Kier molecular flexibility index (Phi) is 6.26. The van der Waals surface area contributed by atoms with E-state index in [1.807, 2.05) is 0 Å². The van der Waals surface area contributed by atoms with E-state index in [1.165, 1.54) is 23.9 Å². The second kappa shape index (κ2) is 8.48. The van der Waals surface area contributed by atoms with Crippen molar-refractivity contribution in [2.45, 2.75) is 11.6 Å². The van der Waals surface area contributed by atoms with Gasteiger partial charge in [0.15, 0.2) is 11.0 Å². The quantitative estimate of drug-likeness (QED) is 0.542. The summed E-state index contributed by atoms with van der Waals surface area (Å²) >= 11 is 19.5. The predicted molar refractivity (Wildman–Crippen MR) is 106 cm³/mol. The highest BCUT2D eigenvalue weighted by molar-refractivity contribution is 7.99. The molecule has 2 aromatic carbocycles. The Morgan fingerprint density at radius 2 is 1.89 bits per heavy atom. The van der Waals surface area contributed by atoms with Crippen LogP contribution in [0.3, 0.4) is 0 Å². The van der Waals surface area contributed by atoms with Crippen molar-refractivity contribution in [2.75, 3.05) is 5.75 Å². The minimum Gasteiger partial charge on any atom is -0.370 e. The molecule has 0 aliphatic carbocycles. The van der Waals surface area contributed by atoms with Gasteiger partial charge in [-0.05, 0) is 36.4 Å². The van der Waals surface area contributed by atoms with Crippen molar-refractivity contribution in [1.29, 1.82) is 0 Å². The number of nitrogens with two attached hydrogens (primary N) is 1. The zero-order valence-corrected chi connectivity index (χ0v) is 16.7. The van der Waals surface area contributed by atoms with Crippen molar-refractivity contribution in [3.8, 4) is 17.1 Å². The Bertz CT molecular complexity index is 1010. The molecule has 0 saturated carbocycles. The zero-order valence-electron chi connectivity index (χ0n) is 13.6. The number of thioether (sulfide) groups is 1. The first-order valence-electron chi connectivity index (χ1n) is 7.64. The van der Waals surface area contributed by atoms with Crippen molar-refractivity contribution in [3.63, 3.8) is 0 Å². The average Bonchev–Trinajstić information content (AvgIpc) is 3.00. The summed E-state index contributed by atoms with van der Waals surface area (Å²) in [7, 11) is 0. The van der Waals surface area contributed by atoms with Crippen LogP contribution >= 0.6 is 46.6 Å². The molecule has 1 heterocycles. The molecular formula is C17H12Cl3FN4OS. The van der Waals surface area contributed by atoms with Gasteiger partial charge in [0.1, 0.15) is 5.82 Å². The highest BCUT2D eigenvalue weighted by atomic mass is 35.5. The third kappa shape index (κ3) is 4.55. The fourth-order valence-electron chi connectivity index (χ4n) is 2.31. The first-order chi connectivity index (χ1) is 12.9. The summed E-state index contributed by atoms with van der Waals surface area (Å²) < 4.78 is 15.3. The van der Waals surface area contributed by atoms with Crippen molar-refractivity contribution in [3.05, 3.63) is 57.3 Å². The van der Waals surface area contributed by atoms with Gasteiger partial charge in [0.05, 0.1) is 15.7 Å². The van der Waals surface area contributed by atoms with E-state index in [9.17, 15) is 9.18 Å². The minimum absolute atomic E-state index is 0.0394. The molecule has 3 aromatic rings. The molecule has 0 atom stereocenters. The summed E-state index contributed by atoms with van der Waals surface area (Å²) in [5, 5.41) is 9.71. The molecule has 0 aliphatic heterocycles. The molecule has 0 radical (unpaired) electrons. The van der Waals surface area contributed by atoms with E-state index in [0.29, 0.717) is 38.0 Å². The number of aromatic nitrogens is 3. The molecule has 2 N–H and O–H groups in total. The number of hydrogen-bond acceptors (Lipinski definition) is 4. The van der Waals surface area contributed by atoms with Gasteiger partial charge in [-0.1, -0.05) is 46.6 Å². The van der Waals surface area contributed by atoms with Crippen molar-refractivity contribution >= 4 is 52.5 Å². The summed E-state index contributed by atoms with van der Waals surface area (Å²) in [5.41, 5.74) is 6.33. The average molecular weight is 446 g/mol. The first kappa shape index (κ1) is 19.9. The van der Waals surface area contributed by atoms with E-state index >= 15 is 0 Å². The smallest absolute Gasteiger partial charge is 0.218 e. The molecule has 140 valence electrons. The van der Waals surface area contributed by atoms with Crippen LogP contribution in [0.1, 0.15) is 6.42 Å². The standard InChI is InChI=1S/C17H12Cl3FN4OS/c18-9-1-3-11(12(19)7-9)16-23-24-17(27-6-5-15(22)26)25(16)10-2-4-14(21)13(20)8-10/h1-4,7-8H,5-6H2,(H2,22,26). The lowest BCUT2D eigenvalue weighted by Crippen LogP contribution is -2.11. The topological polar surface area (TPSA) is 73.8 Å². The molecule has 27 heavy (non-hydrogen) atoms. The fraction of sp³-hybridized carbons (Fsp3) is 0.118. The maximum absolute atomic E-state index is 13.6. The summed E-state index contributed by atoms with van der Waals surface area (Å²) in [6.07, 6.45) is 0.179. The number of rotatable bonds is 6. The highest BCUT2D eigenvalue weighted by Gasteiger charge is 2.19. The maximum Gasteiger partial charge on any atom is 0.218 e. The van der Waals surface area contributed by atoms with E-state index in [1.54, 1.807) is 28.8 Å². The van der Waals surface area contributed by atoms with Crippen LogP contribution in [-0.4, -0.2) is 26.4 Å². The molecule has 0 saturated heterocycles. The Labute approximate surface area is 173 Å². The number of halogens is 4. The maximum atomic E-state index is 13.6. The Morgan fingerprint density at radius 3 is 2.56 bits per heavy atom. The van der Waals surface area contributed by atoms with Gasteiger partial charge in [0.25, 0.3) is 0 Å². The van der Waals surface area contributed by atoms with Gasteiger partial charge in [-0.25, -0.2) is 4.39 Å². The van der Waals surface area contributed by atoms with E-state index in [4.69, 9.17) is 40.5 Å². The lowest BCUT2D eigenvalue weighted by molar-refractivity contribution is -0.117. The number of carbonyl (C=O) groups excluding carboxylic acids is 1. The molecule has 5 nitrogen and oxygen atoms in total. The van der Waals surface area contributed by atoms with Gasteiger partial charge >= 0.3 is 0 Å². The van der Waals surface area contributed by atoms with Crippen LogP contribution in [0.2, 0.25) is 15.1 Å². The predicted octanol–water partition coefficient (Wildman–Crippen LogP) is 5.00. The van der Waals surface area contributed by atoms with Crippen LogP contribution < -0.4 is 5.73 Å². The Hall–Kier alpha value is -1.80. The van der Waals surface area contributed by atoms with Gasteiger partial charge in [-0.2, -0.15) is 0 Å². The normalized spacial score (nSPS) is 11.0. The van der Waals surface area contributed by atoms with E-state index in [-0.39, 0.29) is 11.4 Å². The summed E-state index contributed by atoms with van der Waals surface area (Å²) in [6, 6.07) is 9.26. The number of nitrogens with zero attached hydrogens (tertiary/aromatic N) is 3. The molecule has 0 fully saturated rings. The van der Waals surface area contributed by atoms with Gasteiger partial charge in [0.2, 0.25) is 5.91 Å². The number of benzene rings is 2. The molecule has 10 heteroatoms. The first-order valence-corrected chi connectivity index (χ1v) is 9.76. The Balaban J connectivity index is 2.11. The second-order valence-corrected chi connectivity index (χ2v) is 7.74. The van der Waals surface area contributed by atoms with Crippen LogP contribution in [0.4, 0.5) is 4.39 Å². The van der Waals surface area contributed by atoms with Crippen molar-refractivity contribution in [2.24, 2.45) is 5.73 Å². The highest BCUT2D eigenvalue weighted by Crippen LogP contribution is 2.34.